The molecule has 0 aliphatic heterocycles. The maximum Gasteiger partial charge on any atom is 0.408 e. The number of ether oxygens (including phenoxy) is 1. The second kappa shape index (κ2) is 10.2. The first-order chi connectivity index (χ1) is 15.2. The molecule has 3 aromatic rings. The number of carbonyl (C=O) groups excluding carboxylic acids is 2. The van der Waals surface area contributed by atoms with E-state index in [0.717, 1.165) is 11.1 Å². The summed E-state index contributed by atoms with van der Waals surface area (Å²) in [4.78, 5) is 29.5. The van der Waals surface area contributed by atoms with E-state index >= 15 is 0 Å². The van der Waals surface area contributed by atoms with Gasteiger partial charge in [0.15, 0.2) is 0 Å². The highest BCUT2D eigenvalue weighted by molar-refractivity contribution is 7.18. The first-order valence-corrected chi connectivity index (χ1v) is 10.9. The summed E-state index contributed by atoms with van der Waals surface area (Å²) in [6.07, 6.45) is 1.30. The second-order valence-corrected chi connectivity index (χ2v) is 8.95. The van der Waals surface area contributed by atoms with Crippen molar-refractivity contribution < 1.29 is 14.3 Å². The molecule has 3 rings (SSSR count). The molecule has 32 heavy (non-hydrogen) atoms. The fraction of sp³-hybridized carbons (Fsp3) is 0.318. The van der Waals surface area contributed by atoms with E-state index < -0.39 is 23.6 Å². The van der Waals surface area contributed by atoms with Crippen LogP contribution in [0.25, 0.3) is 10.6 Å². The molecular weight excluding hydrogens is 428 g/mol. The third-order valence-electron chi connectivity index (χ3n) is 4.21. The predicted octanol–water partition coefficient (Wildman–Crippen LogP) is 3.72. The number of amides is 2. The summed E-state index contributed by atoms with van der Waals surface area (Å²) in [6.45, 7) is 5.29. The summed E-state index contributed by atoms with van der Waals surface area (Å²) in [5.74, 6) is 0.292. The maximum atomic E-state index is 13.0. The van der Waals surface area contributed by atoms with Crippen LogP contribution in [0.15, 0.2) is 48.7 Å². The average molecular weight is 455 g/mol. The van der Waals surface area contributed by atoms with Gasteiger partial charge in [-0.05, 0) is 38.5 Å². The molecule has 0 unspecified atom stereocenters. The van der Waals surface area contributed by atoms with Gasteiger partial charge in [0.1, 0.15) is 22.5 Å². The van der Waals surface area contributed by atoms with Crippen LogP contribution in [-0.2, 0) is 16.0 Å². The van der Waals surface area contributed by atoms with Gasteiger partial charge in [-0.1, -0.05) is 41.7 Å². The third kappa shape index (κ3) is 6.74. The Morgan fingerprint density at radius 3 is 2.56 bits per heavy atom. The Bertz CT molecular complexity index is 1060. The number of alkyl carbamates (subject to hydrolysis) is 1. The van der Waals surface area contributed by atoms with Crippen LogP contribution in [0.1, 0.15) is 26.3 Å². The molecule has 0 radical (unpaired) electrons. The highest BCUT2D eigenvalue weighted by Crippen LogP contribution is 2.27. The van der Waals surface area contributed by atoms with Gasteiger partial charge in [-0.15, -0.1) is 10.2 Å². The summed E-state index contributed by atoms with van der Waals surface area (Å²) < 4.78 is 5.32. The molecule has 2 amide bonds. The van der Waals surface area contributed by atoms with Gasteiger partial charge in [-0.3, -0.25) is 10.1 Å². The lowest BCUT2D eigenvalue weighted by Gasteiger charge is -2.23. The lowest BCUT2D eigenvalue weighted by Crippen LogP contribution is -2.47. The summed E-state index contributed by atoms with van der Waals surface area (Å²) in [7, 11) is 1.78. The minimum absolute atomic E-state index is 0.299. The molecule has 0 bridgehead atoms. The van der Waals surface area contributed by atoms with Crippen molar-refractivity contribution in [2.75, 3.05) is 17.7 Å². The van der Waals surface area contributed by atoms with Gasteiger partial charge in [0.25, 0.3) is 0 Å². The molecule has 0 saturated heterocycles. The van der Waals surface area contributed by atoms with E-state index in [1.807, 2.05) is 42.5 Å². The summed E-state index contributed by atoms with van der Waals surface area (Å²) >= 11 is 1.23. The van der Waals surface area contributed by atoms with Crippen molar-refractivity contribution in [3.63, 3.8) is 0 Å². The van der Waals surface area contributed by atoms with Crippen LogP contribution >= 0.6 is 11.3 Å². The molecule has 10 heteroatoms. The largest absolute Gasteiger partial charge is 0.444 e. The lowest BCUT2D eigenvalue weighted by atomic mass is 10.1. The zero-order valence-electron chi connectivity index (χ0n) is 18.4. The van der Waals surface area contributed by atoms with Gasteiger partial charge in [-0.25, -0.2) is 9.78 Å². The molecular formula is C22H26N6O3S. The molecule has 2 heterocycles. The number of pyridine rings is 1. The van der Waals surface area contributed by atoms with Crippen LogP contribution in [0, 0.1) is 0 Å². The van der Waals surface area contributed by atoms with Crippen molar-refractivity contribution in [1.82, 2.24) is 20.5 Å². The van der Waals surface area contributed by atoms with E-state index in [2.05, 4.69) is 31.1 Å². The van der Waals surface area contributed by atoms with Crippen LogP contribution in [0.3, 0.4) is 0 Å². The van der Waals surface area contributed by atoms with Crippen LogP contribution in [0.2, 0.25) is 0 Å². The summed E-state index contributed by atoms with van der Waals surface area (Å²) in [6, 6.07) is 12.2. The maximum absolute atomic E-state index is 13.0. The van der Waals surface area contributed by atoms with Crippen molar-refractivity contribution in [1.29, 1.82) is 0 Å². The monoisotopic (exact) mass is 454 g/mol. The number of anilines is 2. The van der Waals surface area contributed by atoms with Crippen LogP contribution in [0.5, 0.6) is 0 Å². The Morgan fingerprint density at radius 2 is 1.88 bits per heavy atom. The van der Waals surface area contributed by atoms with Gasteiger partial charge in [-0.2, -0.15) is 0 Å². The lowest BCUT2D eigenvalue weighted by molar-refractivity contribution is -0.118. The first-order valence-electron chi connectivity index (χ1n) is 10.1. The van der Waals surface area contributed by atoms with Gasteiger partial charge in [0, 0.05) is 25.2 Å². The number of carbonyl (C=O) groups is 2. The quantitative estimate of drug-likeness (QED) is 0.498. The standard InChI is InChI=1S/C22H26N6O3S/c1-22(2,3)31-21(30)25-16(12-14-8-6-5-7-9-14)18(29)26-20-28-27-19(32-20)15-10-11-24-17(13-15)23-4/h5-11,13,16H,12H2,1-4H3,(H,23,24)(H,25,30)(H,26,28,29)/t16-/m0/s1. The fourth-order valence-electron chi connectivity index (χ4n) is 2.79. The highest BCUT2D eigenvalue weighted by Gasteiger charge is 2.25. The fourth-order valence-corrected chi connectivity index (χ4v) is 3.53. The number of aromatic nitrogens is 3. The van der Waals surface area contributed by atoms with Gasteiger partial charge >= 0.3 is 6.09 Å². The minimum Gasteiger partial charge on any atom is -0.444 e. The van der Waals surface area contributed by atoms with Gasteiger partial charge in [0.05, 0.1) is 0 Å². The van der Waals surface area contributed by atoms with Gasteiger partial charge in [0.2, 0.25) is 11.0 Å². The van der Waals surface area contributed by atoms with E-state index in [4.69, 9.17) is 4.74 Å². The Morgan fingerprint density at radius 1 is 1.12 bits per heavy atom. The normalized spacial score (nSPS) is 12.0. The molecule has 0 fully saturated rings. The number of benzene rings is 1. The molecule has 0 spiro atoms. The van der Waals surface area contributed by atoms with Crippen LogP contribution < -0.4 is 16.0 Å². The van der Waals surface area contributed by atoms with E-state index in [1.54, 1.807) is 34.0 Å². The number of nitrogens with one attached hydrogen (secondary N) is 3. The molecule has 9 nitrogen and oxygen atoms in total. The van der Waals surface area contributed by atoms with Gasteiger partial charge < -0.3 is 15.4 Å². The summed E-state index contributed by atoms with van der Waals surface area (Å²) in [5.41, 5.74) is 1.05. The number of hydrogen-bond acceptors (Lipinski definition) is 8. The number of nitrogens with zero attached hydrogens (tertiary/aromatic N) is 3. The predicted molar refractivity (Wildman–Crippen MR) is 125 cm³/mol. The van der Waals surface area contributed by atoms with Crippen molar-refractivity contribution in [3.8, 4) is 10.6 Å². The summed E-state index contributed by atoms with van der Waals surface area (Å²) in [5, 5.41) is 17.6. The van der Waals surface area contributed by atoms with Crippen LogP contribution in [0.4, 0.5) is 15.7 Å². The van der Waals surface area contributed by atoms with Crippen molar-refractivity contribution in [2.45, 2.75) is 38.8 Å². The Labute approximate surface area is 190 Å². The zero-order valence-corrected chi connectivity index (χ0v) is 19.2. The van der Waals surface area contributed by atoms with Crippen molar-refractivity contribution in [2.24, 2.45) is 0 Å². The van der Waals surface area contributed by atoms with E-state index in [1.165, 1.54) is 11.3 Å². The average Bonchev–Trinajstić information content (AvgIpc) is 3.21. The molecule has 0 aliphatic carbocycles. The van der Waals surface area contributed by atoms with E-state index in [9.17, 15) is 9.59 Å². The molecule has 2 aromatic heterocycles. The Balaban J connectivity index is 1.74. The molecule has 1 atom stereocenters. The second-order valence-electron chi connectivity index (χ2n) is 7.97. The van der Waals surface area contributed by atoms with E-state index in [0.29, 0.717) is 22.4 Å². The molecule has 0 saturated carbocycles. The molecule has 0 aliphatic rings. The SMILES string of the molecule is CNc1cc(-c2nnc(NC(=O)[C@H](Cc3ccccc3)NC(=O)OC(C)(C)C)s2)ccn1. The van der Waals surface area contributed by atoms with Crippen LogP contribution in [-0.4, -0.2) is 45.9 Å². The molecule has 3 N–H and O–H groups in total. The Hall–Kier alpha value is -3.53. The molecule has 168 valence electrons. The number of rotatable bonds is 7. The van der Waals surface area contributed by atoms with Crippen molar-refractivity contribution in [3.05, 3.63) is 54.2 Å². The number of hydrogen-bond donors (Lipinski definition) is 3. The smallest absolute Gasteiger partial charge is 0.408 e. The Kier molecular flexibility index (Phi) is 7.37. The van der Waals surface area contributed by atoms with E-state index in [-0.39, 0.29) is 0 Å². The minimum atomic E-state index is -0.851. The topological polar surface area (TPSA) is 118 Å². The molecule has 1 aromatic carbocycles. The highest BCUT2D eigenvalue weighted by atomic mass is 32.1. The van der Waals surface area contributed by atoms with Crippen molar-refractivity contribution >= 4 is 34.3 Å². The first kappa shape index (κ1) is 23.1. The third-order valence-corrected chi connectivity index (χ3v) is 5.10. The zero-order chi connectivity index (χ0) is 23.1.